The van der Waals surface area contributed by atoms with Crippen LogP contribution in [0.3, 0.4) is 0 Å². The van der Waals surface area contributed by atoms with Crippen LogP contribution in [0.4, 0.5) is 0 Å². The third kappa shape index (κ3) is 3.47. The van der Waals surface area contributed by atoms with Crippen molar-refractivity contribution < 1.29 is 9.53 Å². The molecular formula is C15H11Cl2N5O2. The highest BCUT2D eigenvalue weighted by atomic mass is 35.5. The lowest BCUT2D eigenvalue weighted by Gasteiger charge is -2.09. The van der Waals surface area contributed by atoms with Gasteiger partial charge in [-0.25, -0.2) is 14.6 Å². The molecule has 2 aromatic heterocycles. The zero-order valence-electron chi connectivity index (χ0n) is 12.2. The Morgan fingerprint density at radius 3 is 2.42 bits per heavy atom. The summed E-state index contributed by atoms with van der Waals surface area (Å²) in [5.74, 6) is 0.105. The van der Waals surface area contributed by atoms with Gasteiger partial charge >= 0.3 is 0 Å². The fourth-order valence-corrected chi connectivity index (χ4v) is 2.40. The van der Waals surface area contributed by atoms with Crippen LogP contribution in [0.15, 0.2) is 42.9 Å². The average Bonchev–Trinajstić information content (AvgIpc) is 3.05. The fraction of sp³-hybridized carbons (Fsp3) is 0.0667. The van der Waals surface area contributed by atoms with Gasteiger partial charge in [0.2, 0.25) is 0 Å². The lowest BCUT2D eigenvalue weighted by atomic mass is 10.2. The summed E-state index contributed by atoms with van der Waals surface area (Å²) in [6.45, 7) is 0.189. The first-order chi connectivity index (χ1) is 11.5. The molecule has 2 N–H and O–H groups in total. The minimum absolute atomic E-state index is 0.132. The summed E-state index contributed by atoms with van der Waals surface area (Å²) < 4.78 is 6.93. The topological polar surface area (TPSA) is 95.9 Å². The van der Waals surface area contributed by atoms with Gasteiger partial charge in [-0.2, -0.15) is 5.10 Å². The highest BCUT2D eigenvalue weighted by Gasteiger charge is 2.09. The lowest BCUT2D eigenvalue weighted by molar-refractivity contribution is 0.0995. The number of amides is 1. The van der Waals surface area contributed by atoms with Crippen LogP contribution in [0.1, 0.15) is 16.1 Å². The summed E-state index contributed by atoms with van der Waals surface area (Å²) >= 11 is 12.2. The van der Waals surface area contributed by atoms with Crippen molar-refractivity contribution in [1.29, 1.82) is 0 Å². The molecule has 24 heavy (non-hydrogen) atoms. The Hall–Kier alpha value is -2.64. The van der Waals surface area contributed by atoms with Crippen molar-refractivity contribution >= 4 is 29.1 Å². The summed E-state index contributed by atoms with van der Waals surface area (Å²) in [7, 11) is 0. The van der Waals surface area contributed by atoms with E-state index in [-0.39, 0.29) is 18.2 Å². The van der Waals surface area contributed by atoms with Gasteiger partial charge in [0, 0.05) is 21.8 Å². The third-order valence-electron chi connectivity index (χ3n) is 3.11. The van der Waals surface area contributed by atoms with Crippen molar-refractivity contribution in [3.63, 3.8) is 0 Å². The first kappa shape index (κ1) is 16.2. The highest BCUT2D eigenvalue weighted by molar-refractivity contribution is 6.35. The van der Waals surface area contributed by atoms with Crippen LogP contribution >= 0.6 is 23.2 Å². The number of benzene rings is 1. The minimum Gasteiger partial charge on any atom is -0.486 e. The van der Waals surface area contributed by atoms with Crippen molar-refractivity contribution in [2.24, 2.45) is 5.73 Å². The Labute approximate surface area is 147 Å². The molecule has 0 fully saturated rings. The molecule has 3 aromatic rings. The van der Waals surface area contributed by atoms with Gasteiger partial charge in [0.15, 0.2) is 5.75 Å². The molecule has 0 saturated heterocycles. The predicted octanol–water partition coefficient (Wildman–Crippen LogP) is 2.65. The van der Waals surface area contributed by atoms with Gasteiger partial charge in [-0.05, 0) is 18.2 Å². The van der Waals surface area contributed by atoms with Crippen LogP contribution in [0.25, 0.3) is 5.95 Å². The maximum atomic E-state index is 11.0. The van der Waals surface area contributed by atoms with E-state index in [2.05, 4.69) is 15.1 Å². The van der Waals surface area contributed by atoms with Gasteiger partial charge in [0.1, 0.15) is 12.3 Å². The van der Waals surface area contributed by atoms with Crippen LogP contribution in [-0.2, 0) is 6.61 Å². The summed E-state index contributed by atoms with van der Waals surface area (Å²) in [6, 6.07) is 6.71. The standard InChI is InChI=1S/C15H11Cl2N5O2/c16-11-2-1-3-12(17)10(11)8-24-9-6-19-15(20-7-9)22-5-4-13(21-22)14(18)23/h1-7H,8H2,(H2,18,23). The second-order valence-corrected chi connectivity index (χ2v) is 5.53. The number of halogens is 2. The molecule has 0 radical (unpaired) electrons. The largest absolute Gasteiger partial charge is 0.486 e. The molecule has 0 spiro atoms. The Kier molecular flexibility index (Phi) is 4.64. The fourth-order valence-electron chi connectivity index (χ4n) is 1.89. The number of ether oxygens (including phenoxy) is 1. The quantitative estimate of drug-likeness (QED) is 0.751. The maximum Gasteiger partial charge on any atom is 0.269 e. The van der Waals surface area contributed by atoms with Crippen LogP contribution in [0.5, 0.6) is 5.75 Å². The third-order valence-corrected chi connectivity index (χ3v) is 3.81. The van der Waals surface area contributed by atoms with Crippen molar-refractivity contribution in [3.05, 3.63) is 64.2 Å². The second-order valence-electron chi connectivity index (χ2n) is 4.72. The molecule has 0 atom stereocenters. The van der Waals surface area contributed by atoms with Crippen LogP contribution in [0.2, 0.25) is 10.0 Å². The minimum atomic E-state index is -0.620. The zero-order valence-corrected chi connectivity index (χ0v) is 13.7. The van der Waals surface area contributed by atoms with Crippen LogP contribution in [0, 0.1) is 0 Å². The van der Waals surface area contributed by atoms with Gasteiger partial charge in [-0.15, -0.1) is 0 Å². The van der Waals surface area contributed by atoms with Crippen molar-refractivity contribution in [2.45, 2.75) is 6.61 Å². The lowest BCUT2D eigenvalue weighted by Crippen LogP contribution is -2.12. The Morgan fingerprint density at radius 1 is 1.17 bits per heavy atom. The Morgan fingerprint density at radius 2 is 1.83 bits per heavy atom. The molecule has 0 unspecified atom stereocenters. The summed E-state index contributed by atoms with van der Waals surface area (Å²) in [4.78, 5) is 19.3. The van der Waals surface area contributed by atoms with E-state index in [0.717, 1.165) is 0 Å². The van der Waals surface area contributed by atoms with Gasteiger partial charge in [0.25, 0.3) is 11.9 Å². The van der Waals surface area contributed by atoms with Crippen LogP contribution < -0.4 is 10.5 Å². The average molecular weight is 364 g/mol. The molecule has 1 amide bonds. The van der Waals surface area contributed by atoms with Gasteiger partial charge in [-0.1, -0.05) is 29.3 Å². The molecule has 0 saturated carbocycles. The first-order valence-corrected chi connectivity index (χ1v) is 7.54. The number of nitrogens with two attached hydrogens (primary N) is 1. The van der Waals surface area contributed by atoms with Gasteiger partial charge < -0.3 is 10.5 Å². The first-order valence-electron chi connectivity index (χ1n) is 6.78. The maximum absolute atomic E-state index is 11.0. The SMILES string of the molecule is NC(=O)c1ccn(-c2ncc(OCc3c(Cl)cccc3Cl)cn2)n1. The molecular weight excluding hydrogens is 353 g/mol. The number of nitrogens with zero attached hydrogens (tertiary/aromatic N) is 4. The van der Waals surface area contributed by atoms with Crippen molar-refractivity contribution in [3.8, 4) is 11.7 Å². The predicted molar refractivity (Wildman–Crippen MR) is 88.5 cm³/mol. The Bertz CT molecular complexity index is 860. The number of hydrogen-bond acceptors (Lipinski definition) is 5. The van der Waals surface area contributed by atoms with E-state index in [1.807, 2.05) is 0 Å². The number of carbonyl (C=O) groups is 1. The number of aromatic nitrogens is 4. The van der Waals surface area contributed by atoms with E-state index in [9.17, 15) is 4.79 Å². The monoisotopic (exact) mass is 363 g/mol. The van der Waals surface area contributed by atoms with E-state index in [1.165, 1.54) is 23.1 Å². The number of primary amides is 1. The number of carbonyl (C=O) groups excluding carboxylic acids is 1. The highest BCUT2D eigenvalue weighted by Crippen LogP contribution is 2.25. The molecule has 1 aromatic carbocycles. The van der Waals surface area contributed by atoms with Crippen molar-refractivity contribution in [2.75, 3.05) is 0 Å². The number of hydrogen-bond donors (Lipinski definition) is 1. The molecule has 122 valence electrons. The molecule has 0 bridgehead atoms. The smallest absolute Gasteiger partial charge is 0.269 e. The molecule has 0 aliphatic carbocycles. The zero-order chi connectivity index (χ0) is 17.1. The molecule has 2 heterocycles. The van der Waals surface area contributed by atoms with E-state index in [0.29, 0.717) is 21.4 Å². The molecule has 0 aliphatic rings. The molecule has 7 nitrogen and oxygen atoms in total. The van der Waals surface area contributed by atoms with E-state index < -0.39 is 5.91 Å². The van der Waals surface area contributed by atoms with Crippen LogP contribution in [-0.4, -0.2) is 25.7 Å². The van der Waals surface area contributed by atoms with Gasteiger partial charge in [0.05, 0.1) is 12.4 Å². The number of rotatable bonds is 5. The molecule has 0 aliphatic heterocycles. The summed E-state index contributed by atoms with van der Waals surface area (Å²) in [5.41, 5.74) is 5.97. The van der Waals surface area contributed by atoms with Crippen molar-refractivity contribution in [1.82, 2.24) is 19.7 Å². The molecule has 9 heteroatoms. The van der Waals surface area contributed by atoms with E-state index >= 15 is 0 Å². The molecule has 3 rings (SSSR count). The summed E-state index contributed by atoms with van der Waals surface area (Å²) in [6.07, 6.45) is 4.51. The van der Waals surface area contributed by atoms with E-state index in [4.69, 9.17) is 33.7 Å². The normalized spacial score (nSPS) is 10.6. The van der Waals surface area contributed by atoms with Gasteiger partial charge in [-0.3, -0.25) is 4.79 Å². The Balaban J connectivity index is 1.71. The second kappa shape index (κ2) is 6.86. The van der Waals surface area contributed by atoms with E-state index in [1.54, 1.807) is 24.4 Å². The summed E-state index contributed by atoms with van der Waals surface area (Å²) in [5, 5.41) is 5.02.